The normalized spacial score (nSPS) is 16.0. The van der Waals surface area contributed by atoms with Crippen molar-refractivity contribution in [3.63, 3.8) is 0 Å². The average Bonchev–Trinajstić information content (AvgIpc) is 2.97. The number of amides is 2. The molecular weight excluding hydrogens is 402 g/mol. The number of halogens is 1. The van der Waals surface area contributed by atoms with Gasteiger partial charge in [-0.1, -0.05) is 29.8 Å². The van der Waals surface area contributed by atoms with Crippen molar-refractivity contribution in [2.45, 2.75) is 17.2 Å². The van der Waals surface area contributed by atoms with Crippen LogP contribution >= 0.6 is 11.6 Å². The zero-order chi connectivity index (χ0) is 20.5. The lowest BCUT2D eigenvalue weighted by Gasteiger charge is -2.14. The minimum Gasteiger partial charge on any atom is -0.352 e. The molecule has 0 spiro atoms. The summed E-state index contributed by atoms with van der Waals surface area (Å²) in [7, 11) is -0.860. The smallest absolute Gasteiger partial charge is 0.252 e. The van der Waals surface area contributed by atoms with Gasteiger partial charge >= 0.3 is 0 Å². The number of para-hydroxylation sites is 1. The lowest BCUT2D eigenvalue weighted by atomic mass is 9.97. The number of anilines is 1. The molecule has 7 nitrogen and oxygen atoms in total. The lowest BCUT2D eigenvalue weighted by Crippen LogP contribution is -2.28. The molecule has 2 aromatic rings. The number of rotatable bonds is 6. The first-order chi connectivity index (χ1) is 13.2. The van der Waals surface area contributed by atoms with Gasteiger partial charge in [-0.2, -0.15) is 0 Å². The first-order valence-corrected chi connectivity index (χ1v) is 10.4. The van der Waals surface area contributed by atoms with E-state index in [1.165, 1.54) is 32.3 Å². The number of fused-ring (bicyclic) bond motifs is 1. The first kappa shape index (κ1) is 20.3. The molecule has 0 bridgehead atoms. The van der Waals surface area contributed by atoms with Crippen LogP contribution in [0.15, 0.2) is 47.4 Å². The van der Waals surface area contributed by atoms with Crippen LogP contribution in [0.25, 0.3) is 0 Å². The van der Waals surface area contributed by atoms with Gasteiger partial charge in [0, 0.05) is 26.3 Å². The van der Waals surface area contributed by atoms with Crippen molar-refractivity contribution in [1.29, 1.82) is 0 Å². The van der Waals surface area contributed by atoms with E-state index in [9.17, 15) is 18.0 Å². The molecule has 1 aliphatic rings. The van der Waals surface area contributed by atoms with E-state index in [2.05, 4.69) is 10.6 Å². The number of nitrogens with zero attached hydrogens (tertiary/aromatic N) is 1. The van der Waals surface area contributed by atoms with E-state index >= 15 is 0 Å². The number of hydrogen-bond donors (Lipinski definition) is 2. The highest BCUT2D eigenvalue weighted by atomic mass is 35.5. The molecule has 148 valence electrons. The van der Waals surface area contributed by atoms with Gasteiger partial charge in [0.15, 0.2) is 0 Å². The summed E-state index contributed by atoms with van der Waals surface area (Å²) in [6.07, 6.45) is 0.419. The Hall–Kier alpha value is -2.42. The second-order valence-electron chi connectivity index (χ2n) is 6.60. The molecule has 28 heavy (non-hydrogen) atoms. The van der Waals surface area contributed by atoms with E-state index in [4.69, 9.17) is 11.6 Å². The predicted molar refractivity (Wildman–Crippen MR) is 107 cm³/mol. The second-order valence-corrected chi connectivity index (χ2v) is 9.16. The summed E-state index contributed by atoms with van der Waals surface area (Å²) in [5.41, 5.74) is 1.76. The Kier molecular flexibility index (Phi) is 5.74. The highest BCUT2D eigenvalue weighted by Crippen LogP contribution is 2.34. The molecule has 1 aliphatic heterocycles. The molecule has 1 atom stereocenters. The fourth-order valence-corrected chi connectivity index (χ4v) is 4.17. The van der Waals surface area contributed by atoms with E-state index in [0.717, 1.165) is 15.6 Å². The second kappa shape index (κ2) is 7.90. The van der Waals surface area contributed by atoms with Crippen LogP contribution in [0.4, 0.5) is 5.69 Å². The number of benzene rings is 2. The van der Waals surface area contributed by atoms with Gasteiger partial charge in [0.25, 0.3) is 5.91 Å². The number of carbonyl (C=O) groups excluding carboxylic acids is 2. The van der Waals surface area contributed by atoms with Crippen molar-refractivity contribution in [3.05, 3.63) is 58.6 Å². The molecule has 1 unspecified atom stereocenters. The van der Waals surface area contributed by atoms with Gasteiger partial charge in [-0.25, -0.2) is 12.7 Å². The minimum absolute atomic E-state index is 0.0175. The maximum absolute atomic E-state index is 12.5. The number of nitrogens with one attached hydrogen (secondary N) is 2. The SMILES string of the molecule is CN(C)S(=O)(=O)c1ccc(Cl)c(C(=O)NCCC2C(=O)Nc3ccccc32)c1. The standard InChI is InChI=1S/C19H20ClN3O4S/c1-23(2)28(26,27)12-7-8-16(20)15(11-12)18(24)21-10-9-14-13-5-3-4-6-17(13)22-19(14)25/h3-8,11,14H,9-10H2,1-2H3,(H,21,24)(H,22,25). The molecule has 2 amide bonds. The van der Waals surface area contributed by atoms with Crippen LogP contribution in [0.2, 0.25) is 5.02 Å². The predicted octanol–water partition coefficient (Wildman–Crippen LogP) is 2.45. The summed E-state index contributed by atoms with van der Waals surface area (Å²) in [6.45, 7) is 0.242. The Morgan fingerprint density at radius 1 is 1.21 bits per heavy atom. The van der Waals surface area contributed by atoms with Crippen LogP contribution in [-0.2, 0) is 14.8 Å². The molecule has 0 radical (unpaired) electrons. The van der Waals surface area contributed by atoms with Crippen LogP contribution in [0.5, 0.6) is 0 Å². The fourth-order valence-electron chi connectivity index (χ4n) is 3.04. The maximum atomic E-state index is 12.5. The lowest BCUT2D eigenvalue weighted by molar-refractivity contribution is -0.117. The van der Waals surface area contributed by atoms with Crippen molar-refractivity contribution in [3.8, 4) is 0 Å². The zero-order valence-corrected chi connectivity index (χ0v) is 17.0. The van der Waals surface area contributed by atoms with Gasteiger partial charge in [-0.3, -0.25) is 9.59 Å². The zero-order valence-electron chi connectivity index (χ0n) is 15.4. The molecule has 0 saturated heterocycles. The molecule has 9 heteroatoms. The quantitative estimate of drug-likeness (QED) is 0.748. The van der Waals surface area contributed by atoms with Crippen LogP contribution < -0.4 is 10.6 Å². The summed E-state index contributed by atoms with van der Waals surface area (Å²) in [4.78, 5) is 24.6. The molecular formula is C19H20ClN3O4S. The van der Waals surface area contributed by atoms with Crippen LogP contribution in [-0.4, -0.2) is 45.2 Å². The number of carbonyl (C=O) groups is 2. The highest BCUT2D eigenvalue weighted by molar-refractivity contribution is 7.89. The topological polar surface area (TPSA) is 95.6 Å². The Balaban J connectivity index is 1.70. The average molecular weight is 422 g/mol. The summed E-state index contributed by atoms with van der Waals surface area (Å²) < 4.78 is 25.6. The summed E-state index contributed by atoms with van der Waals surface area (Å²) in [5, 5.41) is 5.68. The highest BCUT2D eigenvalue weighted by Gasteiger charge is 2.29. The van der Waals surface area contributed by atoms with Gasteiger partial charge in [-0.15, -0.1) is 0 Å². The van der Waals surface area contributed by atoms with Crippen molar-refractivity contribution < 1.29 is 18.0 Å². The van der Waals surface area contributed by atoms with E-state index < -0.39 is 15.9 Å². The van der Waals surface area contributed by atoms with E-state index in [0.29, 0.717) is 6.42 Å². The Labute approximate surface area is 168 Å². The molecule has 0 aliphatic carbocycles. The third-order valence-electron chi connectivity index (χ3n) is 4.59. The van der Waals surface area contributed by atoms with E-state index in [-0.39, 0.29) is 33.9 Å². The molecule has 0 saturated carbocycles. The van der Waals surface area contributed by atoms with Crippen molar-refractivity contribution in [2.24, 2.45) is 0 Å². The van der Waals surface area contributed by atoms with Crippen LogP contribution in [0, 0.1) is 0 Å². The fraction of sp³-hybridized carbons (Fsp3) is 0.263. The van der Waals surface area contributed by atoms with E-state index in [1.807, 2.05) is 24.3 Å². The molecule has 0 fully saturated rings. The van der Waals surface area contributed by atoms with Crippen molar-refractivity contribution >= 4 is 39.1 Å². The largest absolute Gasteiger partial charge is 0.352 e. The minimum atomic E-state index is -3.68. The van der Waals surface area contributed by atoms with Gasteiger partial charge in [0.05, 0.1) is 21.4 Å². The third kappa shape index (κ3) is 3.89. The number of sulfonamides is 1. The monoisotopic (exact) mass is 421 g/mol. The number of hydrogen-bond acceptors (Lipinski definition) is 4. The summed E-state index contributed by atoms with van der Waals surface area (Å²) >= 11 is 6.08. The molecule has 3 rings (SSSR count). The molecule has 1 heterocycles. The molecule has 2 aromatic carbocycles. The molecule has 0 aromatic heterocycles. The van der Waals surface area contributed by atoms with E-state index in [1.54, 1.807) is 0 Å². The Bertz CT molecular complexity index is 1040. The third-order valence-corrected chi connectivity index (χ3v) is 6.73. The van der Waals surface area contributed by atoms with Gasteiger partial charge < -0.3 is 10.6 Å². The first-order valence-electron chi connectivity index (χ1n) is 8.62. The summed E-state index contributed by atoms with van der Waals surface area (Å²) in [6, 6.07) is 11.4. The summed E-state index contributed by atoms with van der Waals surface area (Å²) in [5.74, 6) is -0.938. The van der Waals surface area contributed by atoms with Crippen molar-refractivity contribution in [1.82, 2.24) is 9.62 Å². The van der Waals surface area contributed by atoms with Crippen molar-refractivity contribution in [2.75, 3.05) is 26.0 Å². The van der Waals surface area contributed by atoms with Crippen LogP contribution in [0.3, 0.4) is 0 Å². The van der Waals surface area contributed by atoms with Gasteiger partial charge in [0.2, 0.25) is 15.9 Å². The van der Waals surface area contributed by atoms with Crippen LogP contribution in [0.1, 0.15) is 28.3 Å². The van der Waals surface area contributed by atoms with Gasteiger partial charge in [-0.05, 0) is 36.2 Å². The Morgan fingerprint density at radius 3 is 2.64 bits per heavy atom. The molecule has 2 N–H and O–H groups in total. The maximum Gasteiger partial charge on any atom is 0.252 e. The Morgan fingerprint density at radius 2 is 1.93 bits per heavy atom. The van der Waals surface area contributed by atoms with Gasteiger partial charge in [0.1, 0.15) is 0 Å².